The van der Waals surface area contributed by atoms with Gasteiger partial charge in [-0.1, -0.05) is 0 Å². The molecule has 0 unspecified atom stereocenters. The van der Waals surface area contributed by atoms with Gasteiger partial charge in [-0.25, -0.2) is 0 Å². The molecule has 0 aliphatic heterocycles. The zero-order valence-corrected chi connectivity index (χ0v) is 10.6. The molecule has 0 bridgehead atoms. The van der Waals surface area contributed by atoms with E-state index < -0.39 is 5.97 Å². The summed E-state index contributed by atoms with van der Waals surface area (Å²) in [5.41, 5.74) is 1.16. The van der Waals surface area contributed by atoms with Crippen molar-refractivity contribution in [3.05, 3.63) is 29.8 Å². The van der Waals surface area contributed by atoms with Crippen LogP contribution in [0.2, 0.25) is 0 Å². The van der Waals surface area contributed by atoms with Crippen LogP contribution < -0.4 is 5.32 Å². The van der Waals surface area contributed by atoms with Crippen molar-refractivity contribution in [3.63, 3.8) is 0 Å². The average Bonchev–Trinajstić information content (AvgIpc) is 2.29. The highest BCUT2D eigenvalue weighted by molar-refractivity contribution is 8.00. The first-order valence-electron chi connectivity index (χ1n) is 5.19. The normalized spacial score (nSPS) is 9.83. The third-order valence-electron chi connectivity index (χ3n) is 2.03. The monoisotopic (exact) mass is 267 g/mol. The van der Waals surface area contributed by atoms with Gasteiger partial charge in [0.15, 0.2) is 5.78 Å². The van der Waals surface area contributed by atoms with E-state index in [4.69, 9.17) is 5.11 Å². The number of carboxylic acids is 1. The fourth-order valence-corrected chi connectivity index (χ4v) is 1.75. The van der Waals surface area contributed by atoms with Crippen LogP contribution in [0, 0.1) is 0 Å². The van der Waals surface area contributed by atoms with Crippen LogP contribution in [-0.2, 0) is 9.59 Å². The molecule has 0 heterocycles. The van der Waals surface area contributed by atoms with Gasteiger partial charge in [0.1, 0.15) is 0 Å². The largest absolute Gasteiger partial charge is 0.481 e. The summed E-state index contributed by atoms with van der Waals surface area (Å²) in [6.45, 7) is 1.47. The molecule has 0 aliphatic rings. The number of Topliss-reactive ketones (excluding diaryl/α,β-unsaturated/α-hetero) is 1. The van der Waals surface area contributed by atoms with Crippen LogP contribution in [0.25, 0.3) is 0 Å². The number of benzene rings is 1. The maximum Gasteiger partial charge on any atom is 0.313 e. The van der Waals surface area contributed by atoms with E-state index in [-0.39, 0.29) is 23.2 Å². The van der Waals surface area contributed by atoms with Gasteiger partial charge >= 0.3 is 5.97 Å². The molecular formula is C12H13NO4S. The number of rotatable bonds is 6. The number of aliphatic carboxylic acids is 1. The van der Waals surface area contributed by atoms with Crippen LogP contribution in [0.5, 0.6) is 0 Å². The number of carbonyl (C=O) groups excluding carboxylic acids is 2. The first-order valence-corrected chi connectivity index (χ1v) is 6.35. The van der Waals surface area contributed by atoms with Gasteiger partial charge in [0.25, 0.3) is 0 Å². The van der Waals surface area contributed by atoms with Gasteiger partial charge in [0, 0.05) is 11.3 Å². The molecule has 0 atom stereocenters. The molecule has 0 saturated heterocycles. The molecule has 0 saturated carbocycles. The van der Waals surface area contributed by atoms with E-state index in [0.29, 0.717) is 11.3 Å². The van der Waals surface area contributed by atoms with Crippen LogP contribution in [-0.4, -0.2) is 34.3 Å². The lowest BCUT2D eigenvalue weighted by Crippen LogP contribution is -2.15. The Morgan fingerprint density at radius 2 is 1.78 bits per heavy atom. The van der Waals surface area contributed by atoms with Crippen molar-refractivity contribution in [1.82, 2.24) is 0 Å². The molecular weight excluding hydrogens is 254 g/mol. The Morgan fingerprint density at radius 1 is 1.17 bits per heavy atom. The third kappa shape index (κ3) is 5.01. The number of ketones is 1. The number of nitrogens with one attached hydrogen (secondary N) is 1. The lowest BCUT2D eigenvalue weighted by atomic mass is 10.1. The summed E-state index contributed by atoms with van der Waals surface area (Å²) >= 11 is 1.03. The van der Waals surface area contributed by atoms with Gasteiger partial charge < -0.3 is 10.4 Å². The zero-order valence-electron chi connectivity index (χ0n) is 9.80. The van der Waals surface area contributed by atoms with Crippen molar-refractivity contribution in [3.8, 4) is 0 Å². The standard InChI is InChI=1S/C12H13NO4S/c1-8(14)9-2-4-10(5-3-9)13-11(15)6-18-7-12(16)17/h2-5H,6-7H2,1H3,(H,13,15)(H,16,17). The summed E-state index contributed by atoms with van der Waals surface area (Å²) in [5, 5.41) is 11.0. The first-order chi connectivity index (χ1) is 8.49. The molecule has 18 heavy (non-hydrogen) atoms. The fourth-order valence-electron chi connectivity index (χ4n) is 1.22. The molecule has 1 aromatic carbocycles. The smallest absolute Gasteiger partial charge is 0.313 e. The lowest BCUT2D eigenvalue weighted by Gasteiger charge is -2.05. The molecule has 96 valence electrons. The average molecular weight is 267 g/mol. The number of thioether (sulfide) groups is 1. The van der Waals surface area contributed by atoms with Crippen LogP contribution in [0.4, 0.5) is 5.69 Å². The Bertz CT molecular complexity index is 456. The number of anilines is 1. The van der Waals surface area contributed by atoms with E-state index in [0.717, 1.165) is 11.8 Å². The minimum atomic E-state index is -0.946. The first kappa shape index (κ1) is 14.2. The highest BCUT2D eigenvalue weighted by Crippen LogP contribution is 2.10. The van der Waals surface area contributed by atoms with E-state index in [1.807, 2.05) is 0 Å². The SMILES string of the molecule is CC(=O)c1ccc(NC(=O)CSCC(=O)O)cc1. The Kier molecular flexibility index (Phi) is 5.38. The Balaban J connectivity index is 2.44. The molecule has 6 heteroatoms. The molecule has 0 aromatic heterocycles. The quantitative estimate of drug-likeness (QED) is 0.766. The molecule has 2 N–H and O–H groups in total. The van der Waals surface area contributed by atoms with E-state index in [2.05, 4.69) is 5.32 Å². The Morgan fingerprint density at radius 3 is 2.28 bits per heavy atom. The van der Waals surface area contributed by atoms with Gasteiger partial charge in [-0.3, -0.25) is 14.4 Å². The van der Waals surface area contributed by atoms with E-state index >= 15 is 0 Å². The molecule has 0 fully saturated rings. The van der Waals surface area contributed by atoms with Gasteiger partial charge in [-0.15, -0.1) is 11.8 Å². The predicted molar refractivity (Wildman–Crippen MR) is 70.0 cm³/mol. The summed E-state index contributed by atoms with van der Waals surface area (Å²) in [4.78, 5) is 32.7. The number of hydrogen-bond acceptors (Lipinski definition) is 4. The van der Waals surface area contributed by atoms with Gasteiger partial charge in [0.2, 0.25) is 5.91 Å². The van der Waals surface area contributed by atoms with Crippen molar-refractivity contribution >= 4 is 35.1 Å². The van der Waals surface area contributed by atoms with Gasteiger partial charge in [-0.2, -0.15) is 0 Å². The summed E-state index contributed by atoms with van der Waals surface area (Å²) in [6, 6.07) is 6.53. The summed E-state index contributed by atoms with van der Waals surface area (Å²) in [7, 11) is 0. The molecule has 1 aromatic rings. The molecule has 0 aliphatic carbocycles. The maximum absolute atomic E-state index is 11.4. The second kappa shape index (κ2) is 6.80. The van der Waals surface area contributed by atoms with Crippen molar-refractivity contribution in [2.45, 2.75) is 6.92 Å². The van der Waals surface area contributed by atoms with Crippen LogP contribution in [0.1, 0.15) is 17.3 Å². The lowest BCUT2D eigenvalue weighted by molar-refractivity contribution is -0.133. The fraction of sp³-hybridized carbons (Fsp3) is 0.250. The Hall–Kier alpha value is -1.82. The molecule has 1 amide bonds. The van der Waals surface area contributed by atoms with Crippen LogP contribution in [0.15, 0.2) is 24.3 Å². The topological polar surface area (TPSA) is 83.5 Å². The number of amides is 1. The van der Waals surface area contributed by atoms with E-state index in [9.17, 15) is 14.4 Å². The summed E-state index contributed by atoms with van der Waals surface area (Å²) in [5.74, 6) is -1.27. The van der Waals surface area contributed by atoms with Crippen molar-refractivity contribution in [2.75, 3.05) is 16.8 Å². The van der Waals surface area contributed by atoms with Crippen molar-refractivity contribution in [2.24, 2.45) is 0 Å². The second-order valence-electron chi connectivity index (χ2n) is 3.57. The minimum absolute atomic E-state index is 0.0371. The predicted octanol–water partition coefficient (Wildman–Crippen LogP) is 1.65. The number of carboxylic acid groups (broad SMARTS) is 1. The molecule has 0 radical (unpaired) electrons. The summed E-state index contributed by atoms with van der Waals surface area (Å²) in [6.07, 6.45) is 0. The second-order valence-corrected chi connectivity index (χ2v) is 4.55. The van der Waals surface area contributed by atoms with E-state index in [1.54, 1.807) is 24.3 Å². The molecule has 5 nitrogen and oxygen atoms in total. The minimum Gasteiger partial charge on any atom is -0.481 e. The van der Waals surface area contributed by atoms with Gasteiger partial charge in [0.05, 0.1) is 11.5 Å². The van der Waals surface area contributed by atoms with Crippen molar-refractivity contribution in [1.29, 1.82) is 0 Å². The van der Waals surface area contributed by atoms with Gasteiger partial charge in [-0.05, 0) is 31.2 Å². The van der Waals surface area contributed by atoms with Crippen LogP contribution in [0.3, 0.4) is 0 Å². The highest BCUT2D eigenvalue weighted by atomic mass is 32.2. The summed E-state index contributed by atoms with van der Waals surface area (Å²) < 4.78 is 0. The van der Waals surface area contributed by atoms with Crippen LogP contribution >= 0.6 is 11.8 Å². The highest BCUT2D eigenvalue weighted by Gasteiger charge is 2.05. The molecule has 0 spiro atoms. The third-order valence-corrected chi connectivity index (χ3v) is 2.95. The number of hydrogen-bond donors (Lipinski definition) is 2. The Labute approximate surface area is 109 Å². The molecule has 1 rings (SSSR count). The van der Waals surface area contributed by atoms with Crippen molar-refractivity contribution < 1.29 is 19.5 Å². The number of carbonyl (C=O) groups is 3. The zero-order chi connectivity index (χ0) is 13.5. The maximum atomic E-state index is 11.4. The van der Waals surface area contributed by atoms with E-state index in [1.165, 1.54) is 6.92 Å².